The quantitative estimate of drug-likeness (QED) is 0.932. The van der Waals surface area contributed by atoms with E-state index in [4.69, 9.17) is 0 Å². The summed E-state index contributed by atoms with van der Waals surface area (Å²) in [5.74, 6) is 0.845. The first-order valence-electron chi connectivity index (χ1n) is 7.51. The van der Waals surface area contributed by atoms with Gasteiger partial charge in [-0.05, 0) is 43.5 Å². The number of piperidine rings is 1. The third-order valence-corrected chi connectivity index (χ3v) is 4.02. The second kappa shape index (κ2) is 6.63. The zero-order valence-corrected chi connectivity index (χ0v) is 12.3. The Hall–Kier alpha value is -2.01. The van der Waals surface area contributed by atoms with E-state index < -0.39 is 0 Å². The maximum Gasteiger partial charge on any atom is 0.225 e. The van der Waals surface area contributed by atoms with Crippen LogP contribution in [0.15, 0.2) is 43.0 Å². The van der Waals surface area contributed by atoms with E-state index in [0.29, 0.717) is 12.1 Å². The van der Waals surface area contributed by atoms with E-state index in [1.807, 2.05) is 18.5 Å². The summed E-state index contributed by atoms with van der Waals surface area (Å²) in [6.07, 6.45) is 9.55. The van der Waals surface area contributed by atoms with Crippen LogP contribution in [0.1, 0.15) is 31.4 Å². The SMILES string of the molecule is CC(NC1CCN(c2ncccn2)CC1)c1ccncc1. The molecule has 0 bridgehead atoms. The molecule has 1 unspecified atom stereocenters. The highest BCUT2D eigenvalue weighted by Crippen LogP contribution is 2.19. The van der Waals surface area contributed by atoms with Crippen molar-refractivity contribution in [3.8, 4) is 0 Å². The van der Waals surface area contributed by atoms with E-state index in [9.17, 15) is 0 Å². The minimum Gasteiger partial charge on any atom is -0.341 e. The van der Waals surface area contributed by atoms with Gasteiger partial charge >= 0.3 is 0 Å². The molecule has 0 saturated carbocycles. The highest BCUT2D eigenvalue weighted by molar-refractivity contribution is 5.29. The fourth-order valence-corrected chi connectivity index (χ4v) is 2.80. The van der Waals surface area contributed by atoms with Gasteiger partial charge in [0.05, 0.1) is 0 Å². The van der Waals surface area contributed by atoms with E-state index >= 15 is 0 Å². The Bertz CT molecular complexity index is 537. The molecule has 21 heavy (non-hydrogen) atoms. The van der Waals surface area contributed by atoms with Crippen molar-refractivity contribution >= 4 is 5.95 Å². The van der Waals surface area contributed by atoms with Gasteiger partial charge in [-0.25, -0.2) is 9.97 Å². The predicted molar refractivity (Wildman–Crippen MR) is 83.1 cm³/mol. The van der Waals surface area contributed by atoms with Gasteiger partial charge in [0.15, 0.2) is 0 Å². The number of pyridine rings is 1. The standard InChI is InChI=1S/C16H21N5/c1-13(14-3-9-17-10-4-14)20-15-5-11-21(12-6-15)16-18-7-2-8-19-16/h2-4,7-10,13,15,20H,5-6,11-12H2,1H3. The molecule has 0 radical (unpaired) electrons. The summed E-state index contributed by atoms with van der Waals surface area (Å²) in [7, 11) is 0. The van der Waals surface area contributed by atoms with Gasteiger partial charge < -0.3 is 10.2 Å². The van der Waals surface area contributed by atoms with Gasteiger partial charge in [0.1, 0.15) is 0 Å². The Morgan fingerprint density at radius 2 is 1.76 bits per heavy atom. The third-order valence-electron chi connectivity index (χ3n) is 4.02. The Morgan fingerprint density at radius 1 is 1.10 bits per heavy atom. The van der Waals surface area contributed by atoms with Crippen LogP contribution < -0.4 is 10.2 Å². The predicted octanol–water partition coefficient (Wildman–Crippen LogP) is 2.19. The van der Waals surface area contributed by atoms with Crippen LogP contribution in [0.2, 0.25) is 0 Å². The number of anilines is 1. The second-order valence-electron chi connectivity index (χ2n) is 5.48. The second-order valence-corrected chi connectivity index (χ2v) is 5.48. The minimum absolute atomic E-state index is 0.359. The zero-order valence-electron chi connectivity index (χ0n) is 12.3. The molecular weight excluding hydrogens is 262 g/mol. The van der Waals surface area contributed by atoms with Crippen LogP contribution >= 0.6 is 0 Å². The average Bonchev–Trinajstić information content (AvgIpc) is 2.57. The lowest BCUT2D eigenvalue weighted by atomic mass is 10.0. The summed E-state index contributed by atoms with van der Waals surface area (Å²) >= 11 is 0. The van der Waals surface area contributed by atoms with Crippen LogP contribution in [0.5, 0.6) is 0 Å². The molecule has 0 aliphatic carbocycles. The van der Waals surface area contributed by atoms with Crippen molar-refractivity contribution < 1.29 is 0 Å². The molecule has 0 amide bonds. The number of nitrogens with one attached hydrogen (secondary N) is 1. The molecule has 0 spiro atoms. The fraction of sp³-hybridized carbons (Fsp3) is 0.438. The largest absolute Gasteiger partial charge is 0.341 e. The van der Waals surface area contributed by atoms with E-state index in [0.717, 1.165) is 31.9 Å². The van der Waals surface area contributed by atoms with Crippen molar-refractivity contribution in [3.05, 3.63) is 48.5 Å². The fourth-order valence-electron chi connectivity index (χ4n) is 2.80. The number of nitrogens with zero attached hydrogens (tertiary/aromatic N) is 4. The molecule has 1 aliphatic heterocycles. The topological polar surface area (TPSA) is 53.9 Å². The summed E-state index contributed by atoms with van der Waals surface area (Å²) < 4.78 is 0. The van der Waals surface area contributed by atoms with Crippen molar-refractivity contribution in [3.63, 3.8) is 0 Å². The molecule has 1 aliphatic rings. The first-order valence-corrected chi connectivity index (χ1v) is 7.51. The van der Waals surface area contributed by atoms with Gasteiger partial charge in [-0.1, -0.05) is 0 Å². The Labute approximate surface area is 125 Å². The van der Waals surface area contributed by atoms with Gasteiger partial charge in [0.25, 0.3) is 0 Å². The number of aromatic nitrogens is 3. The van der Waals surface area contributed by atoms with Gasteiger partial charge in [0, 0.05) is 50.0 Å². The van der Waals surface area contributed by atoms with Crippen LogP contribution in [0, 0.1) is 0 Å². The molecule has 110 valence electrons. The Morgan fingerprint density at radius 3 is 2.43 bits per heavy atom. The summed E-state index contributed by atoms with van der Waals surface area (Å²) in [5, 5.41) is 3.71. The van der Waals surface area contributed by atoms with Crippen molar-refractivity contribution in [1.29, 1.82) is 0 Å². The number of rotatable bonds is 4. The Balaban J connectivity index is 1.52. The van der Waals surface area contributed by atoms with Crippen LogP contribution in [-0.2, 0) is 0 Å². The van der Waals surface area contributed by atoms with Gasteiger partial charge in [-0.15, -0.1) is 0 Å². The highest BCUT2D eigenvalue weighted by Gasteiger charge is 2.22. The zero-order chi connectivity index (χ0) is 14.5. The summed E-state index contributed by atoms with van der Waals surface area (Å²) in [4.78, 5) is 15.0. The molecule has 1 N–H and O–H groups in total. The molecule has 1 fully saturated rings. The first-order chi connectivity index (χ1) is 10.3. The maximum absolute atomic E-state index is 4.32. The molecule has 3 rings (SSSR count). The Kier molecular flexibility index (Phi) is 4.40. The molecular formula is C16H21N5. The average molecular weight is 283 g/mol. The monoisotopic (exact) mass is 283 g/mol. The minimum atomic E-state index is 0.359. The molecule has 5 heteroatoms. The van der Waals surface area contributed by atoms with E-state index in [2.05, 4.69) is 44.2 Å². The van der Waals surface area contributed by atoms with E-state index in [-0.39, 0.29) is 0 Å². The van der Waals surface area contributed by atoms with Crippen molar-refractivity contribution in [1.82, 2.24) is 20.3 Å². The van der Waals surface area contributed by atoms with Crippen LogP contribution in [-0.4, -0.2) is 34.1 Å². The van der Waals surface area contributed by atoms with Crippen LogP contribution in [0.4, 0.5) is 5.95 Å². The van der Waals surface area contributed by atoms with Crippen molar-refractivity contribution in [2.24, 2.45) is 0 Å². The molecule has 1 saturated heterocycles. The number of hydrogen-bond acceptors (Lipinski definition) is 5. The third kappa shape index (κ3) is 3.55. The van der Waals surface area contributed by atoms with Crippen LogP contribution in [0.3, 0.4) is 0 Å². The van der Waals surface area contributed by atoms with Gasteiger partial charge in [0.2, 0.25) is 5.95 Å². The van der Waals surface area contributed by atoms with Crippen molar-refractivity contribution in [2.45, 2.75) is 31.8 Å². The van der Waals surface area contributed by atoms with E-state index in [1.165, 1.54) is 5.56 Å². The molecule has 1 atom stereocenters. The molecule has 5 nitrogen and oxygen atoms in total. The van der Waals surface area contributed by atoms with Crippen LogP contribution in [0.25, 0.3) is 0 Å². The molecule has 0 aromatic carbocycles. The smallest absolute Gasteiger partial charge is 0.225 e. The lowest BCUT2D eigenvalue weighted by Gasteiger charge is -2.34. The van der Waals surface area contributed by atoms with Gasteiger partial charge in [-0.3, -0.25) is 4.98 Å². The summed E-state index contributed by atoms with van der Waals surface area (Å²) in [5.41, 5.74) is 1.29. The lowest BCUT2D eigenvalue weighted by molar-refractivity contribution is 0.379. The van der Waals surface area contributed by atoms with Gasteiger partial charge in [-0.2, -0.15) is 0 Å². The van der Waals surface area contributed by atoms with E-state index in [1.54, 1.807) is 12.4 Å². The summed E-state index contributed by atoms with van der Waals surface area (Å²) in [6, 6.07) is 6.91. The lowest BCUT2D eigenvalue weighted by Crippen LogP contribution is -2.43. The first kappa shape index (κ1) is 13.9. The highest BCUT2D eigenvalue weighted by atomic mass is 15.3. The summed E-state index contributed by atoms with van der Waals surface area (Å²) in [6.45, 7) is 4.22. The molecule has 2 aromatic heterocycles. The number of hydrogen-bond donors (Lipinski definition) is 1. The molecule has 3 heterocycles. The van der Waals surface area contributed by atoms with Crippen molar-refractivity contribution in [2.75, 3.05) is 18.0 Å². The maximum atomic E-state index is 4.32. The normalized spacial score (nSPS) is 17.7. The molecule has 2 aromatic rings.